The SMILES string of the molecule is CC/C=C\C/C=C\C/C=C\C/C=C\CCCCCCCCCCCCCCCCCCCCCCC(=O)OC(COC(=O)CCCCCCC/C=C\C/C=C\C/C=C\CC)COP(=O)(O)OCCN. The molecule has 0 heterocycles. The molecule has 10 heteroatoms. The Labute approximate surface area is 424 Å². The number of phosphoric acid groups is 1. The lowest BCUT2D eigenvalue weighted by Gasteiger charge is -2.19. The third-order valence-electron chi connectivity index (χ3n) is 11.8. The Hall–Kier alpha value is -2.81. The second kappa shape index (κ2) is 54.5. The van der Waals surface area contributed by atoms with E-state index in [4.69, 9.17) is 24.3 Å². The standard InChI is InChI=1S/C59H104NO8P/c1-3-5-7-9-11-13-15-17-19-20-21-22-23-24-25-26-27-28-29-30-31-32-33-34-35-36-38-40-42-44-46-48-50-52-59(62)68-57(56-67-69(63,64)66-54-53-60)55-65-58(61)51-49-47-45-43-41-39-37-18-16-14-12-10-8-6-4-2/h5-8,11-14,17-19,21-22,37,57H,3-4,9-10,15-16,20,23-36,38-56,60H2,1-2H3,(H,63,64)/b7-5-,8-6-,13-11-,14-12-,19-17-,22-21-,37-18-. The molecule has 2 atom stereocenters. The summed E-state index contributed by atoms with van der Waals surface area (Å²) in [6, 6.07) is 0. The van der Waals surface area contributed by atoms with E-state index in [0.29, 0.717) is 12.8 Å². The maximum Gasteiger partial charge on any atom is 0.472 e. The van der Waals surface area contributed by atoms with Gasteiger partial charge in [-0.1, -0.05) is 234 Å². The topological polar surface area (TPSA) is 134 Å². The van der Waals surface area contributed by atoms with E-state index in [1.54, 1.807) is 0 Å². The van der Waals surface area contributed by atoms with Gasteiger partial charge in [-0.2, -0.15) is 0 Å². The minimum atomic E-state index is -4.39. The van der Waals surface area contributed by atoms with Crippen LogP contribution in [0.3, 0.4) is 0 Å². The summed E-state index contributed by atoms with van der Waals surface area (Å²) in [4.78, 5) is 35.1. The van der Waals surface area contributed by atoms with Crippen LogP contribution in [0.4, 0.5) is 0 Å². The van der Waals surface area contributed by atoms with Gasteiger partial charge in [0.2, 0.25) is 0 Å². The van der Waals surface area contributed by atoms with Crippen LogP contribution in [0.2, 0.25) is 0 Å². The highest BCUT2D eigenvalue weighted by molar-refractivity contribution is 7.47. The number of allylic oxidation sites excluding steroid dienone is 14. The second-order valence-electron chi connectivity index (χ2n) is 18.4. The predicted molar refractivity (Wildman–Crippen MR) is 293 cm³/mol. The summed E-state index contributed by atoms with van der Waals surface area (Å²) in [7, 11) is -4.39. The molecule has 0 aliphatic carbocycles. The molecule has 0 aliphatic heterocycles. The molecule has 0 saturated carbocycles. The van der Waals surface area contributed by atoms with Crippen molar-refractivity contribution in [3.05, 3.63) is 85.1 Å². The van der Waals surface area contributed by atoms with Crippen molar-refractivity contribution < 1.29 is 37.6 Å². The Bertz CT molecular complexity index is 1400. The van der Waals surface area contributed by atoms with Gasteiger partial charge in [0, 0.05) is 19.4 Å². The Balaban J connectivity index is 3.89. The molecule has 0 bridgehead atoms. The van der Waals surface area contributed by atoms with Gasteiger partial charge in [0.15, 0.2) is 6.10 Å². The number of nitrogens with two attached hydrogens (primary N) is 1. The van der Waals surface area contributed by atoms with Crippen LogP contribution < -0.4 is 5.73 Å². The van der Waals surface area contributed by atoms with Crippen LogP contribution in [0.1, 0.15) is 245 Å². The van der Waals surface area contributed by atoms with Gasteiger partial charge in [-0.05, 0) is 83.5 Å². The summed E-state index contributed by atoms with van der Waals surface area (Å²) in [6.07, 6.45) is 70.8. The first-order valence-electron chi connectivity index (χ1n) is 28.1. The van der Waals surface area contributed by atoms with E-state index in [0.717, 1.165) is 96.3 Å². The van der Waals surface area contributed by atoms with Crippen molar-refractivity contribution in [3.8, 4) is 0 Å². The molecule has 0 aromatic heterocycles. The molecule has 0 rings (SSSR count). The average Bonchev–Trinajstić information content (AvgIpc) is 3.34. The zero-order valence-corrected chi connectivity index (χ0v) is 45.2. The van der Waals surface area contributed by atoms with Crippen LogP contribution in [-0.2, 0) is 32.7 Å². The summed E-state index contributed by atoms with van der Waals surface area (Å²) in [5.41, 5.74) is 5.37. The smallest absolute Gasteiger partial charge is 0.462 e. The van der Waals surface area contributed by atoms with E-state index in [1.807, 2.05) is 0 Å². The van der Waals surface area contributed by atoms with Crippen molar-refractivity contribution in [3.63, 3.8) is 0 Å². The molecule has 3 N–H and O–H groups in total. The van der Waals surface area contributed by atoms with Crippen LogP contribution in [0.5, 0.6) is 0 Å². The first-order valence-corrected chi connectivity index (χ1v) is 29.6. The minimum absolute atomic E-state index is 0.0488. The Morgan fingerprint density at radius 2 is 0.754 bits per heavy atom. The van der Waals surface area contributed by atoms with Crippen molar-refractivity contribution in [1.29, 1.82) is 0 Å². The number of carbonyl (C=O) groups is 2. The zero-order chi connectivity index (χ0) is 50.2. The van der Waals surface area contributed by atoms with Gasteiger partial charge in [0.05, 0.1) is 13.2 Å². The molecular weight excluding hydrogens is 882 g/mol. The third-order valence-corrected chi connectivity index (χ3v) is 12.8. The van der Waals surface area contributed by atoms with Crippen molar-refractivity contribution in [2.75, 3.05) is 26.4 Å². The highest BCUT2D eigenvalue weighted by Crippen LogP contribution is 2.43. The number of phosphoric ester groups is 1. The molecule has 398 valence electrons. The molecule has 2 unspecified atom stereocenters. The maximum atomic E-state index is 12.7. The van der Waals surface area contributed by atoms with Crippen molar-refractivity contribution in [2.45, 2.75) is 251 Å². The van der Waals surface area contributed by atoms with E-state index < -0.39 is 32.5 Å². The highest BCUT2D eigenvalue weighted by Gasteiger charge is 2.26. The number of ether oxygens (including phenoxy) is 2. The molecule has 69 heavy (non-hydrogen) atoms. The molecule has 0 aliphatic rings. The first kappa shape index (κ1) is 66.2. The first-order chi connectivity index (χ1) is 33.8. The molecule has 0 amide bonds. The fraction of sp³-hybridized carbons (Fsp3) is 0.729. The molecule has 0 aromatic carbocycles. The van der Waals surface area contributed by atoms with Crippen LogP contribution in [0.15, 0.2) is 85.1 Å². The molecule has 0 aromatic rings. The maximum absolute atomic E-state index is 12.7. The highest BCUT2D eigenvalue weighted by atomic mass is 31.2. The monoisotopic (exact) mass is 986 g/mol. The van der Waals surface area contributed by atoms with Gasteiger partial charge < -0.3 is 20.1 Å². The molecule has 0 spiro atoms. The van der Waals surface area contributed by atoms with Gasteiger partial charge >= 0.3 is 19.8 Å². The van der Waals surface area contributed by atoms with E-state index in [9.17, 15) is 19.0 Å². The van der Waals surface area contributed by atoms with E-state index >= 15 is 0 Å². The fourth-order valence-electron chi connectivity index (χ4n) is 7.70. The van der Waals surface area contributed by atoms with Gasteiger partial charge in [0.25, 0.3) is 0 Å². The van der Waals surface area contributed by atoms with Crippen LogP contribution in [0, 0.1) is 0 Å². The summed E-state index contributed by atoms with van der Waals surface area (Å²) >= 11 is 0. The second-order valence-corrected chi connectivity index (χ2v) is 19.8. The van der Waals surface area contributed by atoms with Gasteiger partial charge in [-0.25, -0.2) is 4.57 Å². The molecule has 0 radical (unpaired) electrons. The average molecular weight is 986 g/mol. The number of esters is 2. The lowest BCUT2D eigenvalue weighted by atomic mass is 10.0. The minimum Gasteiger partial charge on any atom is -0.462 e. The number of hydrogen-bond acceptors (Lipinski definition) is 8. The van der Waals surface area contributed by atoms with Gasteiger partial charge in [0.1, 0.15) is 6.61 Å². The summed E-state index contributed by atoms with van der Waals surface area (Å²) in [5.74, 6) is -0.844. The Morgan fingerprint density at radius 3 is 1.12 bits per heavy atom. The van der Waals surface area contributed by atoms with E-state index in [2.05, 4.69) is 98.9 Å². The number of unbranched alkanes of at least 4 members (excludes halogenated alkanes) is 25. The fourth-order valence-corrected chi connectivity index (χ4v) is 8.47. The number of hydrogen-bond donors (Lipinski definition) is 2. The molecule has 9 nitrogen and oxygen atoms in total. The number of rotatable bonds is 52. The van der Waals surface area contributed by atoms with Gasteiger partial charge in [-0.15, -0.1) is 0 Å². The molecular formula is C59H104NO8P. The predicted octanol–water partition coefficient (Wildman–Crippen LogP) is 17.5. The third kappa shape index (κ3) is 54.4. The lowest BCUT2D eigenvalue weighted by molar-refractivity contribution is -0.161. The largest absolute Gasteiger partial charge is 0.472 e. The summed E-state index contributed by atoms with van der Waals surface area (Å²) in [6.45, 7) is 3.51. The summed E-state index contributed by atoms with van der Waals surface area (Å²) < 4.78 is 32.9. The molecule has 0 saturated heterocycles. The van der Waals surface area contributed by atoms with Crippen molar-refractivity contribution >= 4 is 19.8 Å². The summed E-state index contributed by atoms with van der Waals surface area (Å²) in [5, 5.41) is 0. The quantitative estimate of drug-likeness (QED) is 0.0264. The molecule has 0 fully saturated rings. The number of carbonyl (C=O) groups excluding carboxylic acids is 2. The Kier molecular flexibility index (Phi) is 52.3. The van der Waals surface area contributed by atoms with Crippen LogP contribution in [0.25, 0.3) is 0 Å². The Morgan fingerprint density at radius 1 is 0.435 bits per heavy atom. The van der Waals surface area contributed by atoms with Crippen molar-refractivity contribution in [1.82, 2.24) is 0 Å². The zero-order valence-electron chi connectivity index (χ0n) is 44.3. The lowest BCUT2D eigenvalue weighted by Crippen LogP contribution is -2.29. The van der Waals surface area contributed by atoms with Gasteiger partial charge in [-0.3, -0.25) is 18.6 Å². The van der Waals surface area contributed by atoms with Crippen LogP contribution >= 0.6 is 7.82 Å². The normalized spacial score (nSPS) is 13.7. The van der Waals surface area contributed by atoms with Crippen molar-refractivity contribution in [2.24, 2.45) is 5.73 Å². The van der Waals surface area contributed by atoms with E-state index in [-0.39, 0.29) is 32.6 Å². The van der Waals surface area contributed by atoms with E-state index in [1.165, 1.54) is 109 Å². The van der Waals surface area contributed by atoms with Crippen LogP contribution in [-0.4, -0.2) is 49.3 Å².